The highest BCUT2D eigenvalue weighted by Crippen LogP contribution is 2.09. The van der Waals surface area contributed by atoms with Crippen LogP contribution in [0.2, 0.25) is 0 Å². The molecule has 2 aromatic rings. The summed E-state index contributed by atoms with van der Waals surface area (Å²) in [7, 11) is 0. The first-order valence-electron chi connectivity index (χ1n) is 10.1. The molecule has 2 atom stereocenters. The Labute approximate surface area is 186 Å². The molecule has 0 aliphatic heterocycles. The van der Waals surface area contributed by atoms with Crippen molar-refractivity contribution < 1.29 is 38.1 Å². The zero-order chi connectivity index (χ0) is 23.7. The molecule has 2 unspecified atom stereocenters. The molecule has 0 spiro atoms. The number of esters is 4. The maximum atomic E-state index is 12.0. The average Bonchev–Trinajstić information content (AvgIpc) is 2.77. The number of ether oxygens (including phenoxy) is 4. The molecule has 0 saturated carbocycles. The Balaban J connectivity index is 1.68. The Kier molecular flexibility index (Phi) is 8.95. The summed E-state index contributed by atoms with van der Waals surface area (Å²) in [5, 5.41) is 0. The van der Waals surface area contributed by atoms with Crippen molar-refractivity contribution in [3.05, 3.63) is 70.8 Å². The molecule has 0 aliphatic carbocycles. The summed E-state index contributed by atoms with van der Waals surface area (Å²) in [6, 6.07) is 13.4. The molecule has 32 heavy (non-hydrogen) atoms. The molecule has 0 aliphatic rings. The molecular weight excluding hydrogens is 416 g/mol. The largest absolute Gasteiger partial charge is 0.459 e. The zero-order valence-electron chi connectivity index (χ0n) is 18.5. The molecule has 2 aromatic carbocycles. The van der Waals surface area contributed by atoms with E-state index >= 15 is 0 Å². The van der Waals surface area contributed by atoms with Gasteiger partial charge in [-0.05, 0) is 52.0 Å². The summed E-state index contributed by atoms with van der Waals surface area (Å²) in [5.74, 6) is -2.85. The molecular formula is C24H26O8. The standard InChI is InChI=1S/C24H26O8/c1-15-5-9-19(10-6-15)23(27)31-17(3)21(25)29-13-14-30-22(26)18(4)32-24(28)20-11-7-16(2)8-12-20/h5-12,17-18H,13-14H2,1-4H3. The van der Waals surface area contributed by atoms with Crippen molar-refractivity contribution in [3.8, 4) is 0 Å². The number of hydrogen-bond donors (Lipinski definition) is 0. The van der Waals surface area contributed by atoms with Crippen LogP contribution in [0.3, 0.4) is 0 Å². The van der Waals surface area contributed by atoms with E-state index < -0.39 is 36.1 Å². The fourth-order valence-electron chi connectivity index (χ4n) is 2.45. The predicted octanol–water partition coefficient (Wildman–Crippen LogP) is 3.18. The zero-order valence-corrected chi connectivity index (χ0v) is 18.5. The second-order valence-corrected chi connectivity index (χ2v) is 7.16. The third kappa shape index (κ3) is 7.54. The average molecular weight is 442 g/mol. The number of carbonyl (C=O) groups excluding carboxylic acids is 4. The highest BCUT2D eigenvalue weighted by Gasteiger charge is 2.22. The van der Waals surface area contributed by atoms with Gasteiger partial charge in [0.05, 0.1) is 11.1 Å². The van der Waals surface area contributed by atoms with Crippen LogP contribution in [-0.4, -0.2) is 49.3 Å². The van der Waals surface area contributed by atoms with Crippen molar-refractivity contribution in [2.24, 2.45) is 0 Å². The topological polar surface area (TPSA) is 105 Å². The molecule has 8 nitrogen and oxygen atoms in total. The van der Waals surface area contributed by atoms with E-state index in [4.69, 9.17) is 18.9 Å². The van der Waals surface area contributed by atoms with E-state index in [0.29, 0.717) is 11.1 Å². The van der Waals surface area contributed by atoms with E-state index in [1.165, 1.54) is 13.8 Å². The van der Waals surface area contributed by atoms with Crippen LogP contribution in [0.25, 0.3) is 0 Å². The van der Waals surface area contributed by atoms with Gasteiger partial charge in [-0.25, -0.2) is 19.2 Å². The molecule has 0 heterocycles. The molecule has 0 radical (unpaired) electrons. The molecule has 0 fully saturated rings. The number of hydrogen-bond acceptors (Lipinski definition) is 8. The van der Waals surface area contributed by atoms with Crippen LogP contribution in [0.5, 0.6) is 0 Å². The second-order valence-electron chi connectivity index (χ2n) is 7.16. The molecule has 0 bridgehead atoms. The van der Waals surface area contributed by atoms with Crippen LogP contribution in [0, 0.1) is 13.8 Å². The van der Waals surface area contributed by atoms with Crippen molar-refractivity contribution in [1.29, 1.82) is 0 Å². The van der Waals surface area contributed by atoms with Gasteiger partial charge >= 0.3 is 23.9 Å². The SMILES string of the molecule is Cc1ccc(C(=O)OC(C)C(=O)OCCOC(=O)C(C)OC(=O)c2ccc(C)cc2)cc1. The van der Waals surface area contributed by atoms with E-state index in [1.807, 2.05) is 13.8 Å². The summed E-state index contributed by atoms with van der Waals surface area (Å²) in [6.45, 7) is 6.05. The van der Waals surface area contributed by atoms with Crippen LogP contribution in [-0.2, 0) is 28.5 Å². The lowest BCUT2D eigenvalue weighted by Gasteiger charge is -2.14. The highest BCUT2D eigenvalue weighted by atomic mass is 16.6. The minimum Gasteiger partial charge on any atom is -0.459 e. The molecule has 0 N–H and O–H groups in total. The van der Waals surface area contributed by atoms with Gasteiger partial charge in [0.2, 0.25) is 0 Å². The lowest BCUT2D eigenvalue weighted by atomic mass is 10.1. The molecule has 0 saturated heterocycles. The smallest absolute Gasteiger partial charge is 0.347 e. The summed E-state index contributed by atoms with van der Waals surface area (Å²) in [5.41, 5.74) is 2.61. The van der Waals surface area contributed by atoms with E-state index in [-0.39, 0.29) is 13.2 Å². The van der Waals surface area contributed by atoms with Gasteiger partial charge in [-0.2, -0.15) is 0 Å². The van der Waals surface area contributed by atoms with Crippen molar-refractivity contribution in [3.63, 3.8) is 0 Å². The number of rotatable bonds is 9. The fraction of sp³-hybridized carbons (Fsp3) is 0.333. The highest BCUT2D eigenvalue weighted by molar-refractivity contribution is 5.92. The Morgan fingerprint density at radius 2 is 0.938 bits per heavy atom. The Morgan fingerprint density at radius 3 is 1.25 bits per heavy atom. The lowest BCUT2D eigenvalue weighted by molar-refractivity contribution is -0.161. The van der Waals surface area contributed by atoms with E-state index in [2.05, 4.69) is 0 Å². The first kappa shape index (κ1) is 24.6. The fourth-order valence-corrected chi connectivity index (χ4v) is 2.45. The van der Waals surface area contributed by atoms with Crippen LogP contribution in [0.15, 0.2) is 48.5 Å². The lowest BCUT2D eigenvalue weighted by Crippen LogP contribution is -2.29. The third-order valence-corrected chi connectivity index (χ3v) is 4.38. The van der Waals surface area contributed by atoms with Gasteiger partial charge in [0.1, 0.15) is 13.2 Å². The predicted molar refractivity (Wildman–Crippen MR) is 114 cm³/mol. The Hall–Kier alpha value is -3.68. The quantitative estimate of drug-likeness (QED) is 0.331. The van der Waals surface area contributed by atoms with Crippen LogP contribution in [0.1, 0.15) is 45.7 Å². The van der Waals surface area contributed by atoms with Crippen LogP contribution < -0.4 is 0 Å². The molecule has 0 aromatic heterocycles. The second kappa shape index (κ2) is 11.6. The van der Waals surface area contributed by atoms with Crippen molar-refractivity contribution in [2.75, 3.05) is 13.2 Å². The minimum absolute atomic E-state index is 0.240. The number of benzene rings is 2. The normalized spacial score (nSPS) is 12.2. The molecule has 0 amide bonds. The summed E-state index contributed by atoms with van der Waals surface area (Å²) < 4.78 is 20.0. The summed E-state index contributed by atoms with van der Waals surface area (Å²) in [6.07, 6.45) is -2.26. The van der Waals surface area contributed by atoms with Gasteiger partial charge in [-0.3, -0.25) is 0 Å². The molecule has 8 heteroatoms. The summed E-state index contributed by atoms with van der Waals surface area (Å²) >= 11 is 0. The first-order chi connectivity index (χ1) is 15.2. The van der Waals surface area contributed by atoms with Crippen molar-refractivity contribution in [2.45, 2.75) is 39.9 Å². The van der Waals surface area contributed by atoms with Crippen molar-refractivity contribution in [1.82, 2.24) is 0 Å². The maximum absolute atomic E-state index is 12.0. The van der Waals surface area contributed by atoms with Gasteiger partial charge in [0.15, 0.2) is 12.2 Å². The monoisotopic (exact) mass is 442 g/mol. The number of aryl methyl sites for hydroxylation is 2. The third-order valence-electron chi connectivity index (χ3n) is 4.38. The van der Waals surface area contributed by atoms with Gasteiger partial charge in [0, 0.05) is 0 Å². The Morgan fingerprint density at radius 1 is 0.625 bits per heavy atom. The maximum Gasteiger partial charge on any atom is 0.347 e. The van der Waals surface area contributed by atoms with Gasteiger partial charge in [-0.1, -0.05) is 35.4 Å². The number of carbonyl (C=O) groups is 4. The van der Waals surface area contributed by atoms with Crippen LogP contribution >= 0.6 is 0 Å². The van der Waals surface area contributed by atoms with E-state index in [0.717, 1.165) is 11.1 Å². The van der Waals surface area contributed by atoms with Gasteiger partial charge < -0.3 is 18.9 Å². The van der Waals surface area contributed by atoms with Gasteiger partial charge in [0.25, 0.3) is 0 Å². The molecule has 170 valence electrons. The van der Waals surface area contributed by atoms with Crippen LogP contribution in [0.4, 0.5) is 0 Å². The summed E-state index contributed by atoms with van der Waals surface area (Å²) in [4.78, 5) is 48.0. The molecule has 2 rings (SSSR count). The van der Waals surface area contributed by atoms with Crippen molar-refractivity contribution >= 4 is 23.9 Å². The minimum atomic E-state index is -1.13. The Bertz CT molecular complexity index is 867. The van der Waals surface area contributed by atoms with Gasteiger partial charge in [-0.15, -0.1) is 0 Å². The van der Waals surface area contributed by atoms with E-state index in [9.17, 15) is 19.2 Å². The first-order valence-corrected chi connectivity index (χ1v) is 10.1. The van der Waals surface area contributed by atoms with E-state index in [1.54, 1.807) is 48.5 Å².